The third-order valence-electron chi connectivity index (χ3n) is 20.2. The Morgan fingerprint density at radius 1 is 0.467 bits per heavy atom. The normalized spacial score (nSPS) is 16.4. The SMILES string of the molecule is CC(C)(C)[Si](C)(C)OCCNC(=O)CCCCC(CCCCC(=O)NCCO[Si](C)(C)C(C)(C)C)C1OOC(CCCCC(=O)NCCO[Si](C)(C)C(C)(C)C)(CCCCC(=O)NCCO[Si](C)(C)C(C)(C)C)C(Nc2c3ccccc3cc3ccccc23)O1. The molecule has 16 nitrogen and oxygen atoms in total. The van der Waals surface area contributed by atoms with Crippen molar-refractivity contribution < 1.29 is 51.4 Å². The highest BCUT2D eigenvalue weighted by molar-refractivity contribution is 6.75. The van der Waals surface area contributed by atoms with Crippen LogP contribution in [-0.2, 0) is 51.4 Å². The molecule has 1 saturated heterocycles. The fourth-order valence-corrected chi connectivity index (χ4v) is 14.2. The second kappa shape index (κ2) is 35.3. The lowest BCUT2D eigenvalue weighted by Crippen LogP contribution is -2.58. The first kappa shape index (κ1) is 78.9. The van der Waals surface area contributed by atoms with E-state index in [-0.39, 0.29) is 49.7 Å². The molecular weight excluding hydrogens is 1200 g/mol. The maximum atomic E-state index is 13.4. The zero-order chi connectivity index (χ0) is 67.2. The van der Waals surface area contributed by atoms with Gasteiger partial charge in [-0.05, 0) is 154 Å². The van der Waals surface area contributed by atoms with E-state index in [1.165, 1.54) is 0 Å². The van der Waals surface area contributed by atoms with E-state index in [1.807, 2.05) is 0 Å². The molecule has 90 heavy (non-hydrogen) atoms. The van der Waals surface area contributed by atoms with Crippen LogP contribution in [0.3, 0.4) is 0 Å². The molecule has 3 aromatic rings. The molecule has 0 bridgehead atoms. The first-order valence-corrected chi connectivity index (χ1v) is 45.7. The van der Waals surface area contributed by atoms with Crippen LogP contribution >= 0.6 is 0 Å². The Labute approximate surface area is 548 Å². The highest BCUT2D eigenvalue weighted by atomic mass is 28.4. The maximum absolute atomic E-state index is 13.4. The molecule has 1 fully saturated rings. The number of carbonyl (C=O) groups is 4. The van der Waals surface area contributed by atoms with Gasteiger partial charge >= 0.3 is 0 Å². The number of rotatable bonds is 39. The fourth-order valence-electron chi connectivity index (χ4n) is 10.0. The summed E-state index contributed by atoms with van der Waals surface area (Å²) in [5, 5.41) is 20.9. The molecule has 5 N–H and O–H groups in total. The van der Waals surface area contributed by atoms with Crippen molar-refractivity contribution in [3.63, 3.8) is 0 Å². The van der Waals surface area contributed by atoms with Gasteiger partial charge in [-0.1, -0.05) is 144 Å². The number of amides is 4. The summed E-state index contributed by atoms with van der Waals surface area (Å²) in [7, 11) is -7.81. The average molecular weight is 1330 g/mol. The summed E-state index contributed by atoms with van der Waals surface area (Å²) in [5.41, 5.74) is -0.141. The Kier molecular flexibility index (Phi) is 30.9. The van der Waals surface area contributed by atoms with Gasteiger partial charge < -0.3 is 49.0 Å². The van der Waals surface area contributed by atoms with Gasteiger partial charge in [0.15, 0.2) is 45.8 Å². The van der Waals surface area contributed by atoms with Crippen molar-refractivity contribution in [2.75, 3.05) is 57.9 Å². The molecule has 0 radical (unpaired) electrons. The second-order valence-corrected chi connectivity index (χ2v) is 50.7. The van der Waals surface area contributed by atoms with Crippen molar-refractivity contribution in [1.82, 2.24) is 21.3 Å². The predicted molar refractivity (Wildman–Crippen MR) is 381 cm³/mol. The summed E-state index contributed by atoms with van der Waals surface area (Å²) < 4.78 is 32.8. The number of carbonyl (C=O) groups excluding carboxylic acids is 4. The van der Waals surface area contributed by atoms with E-state index in [1.54, 1.807) is 0 Å². The van der Waals surface area contributed by atoms with Gasteiger partial charge in [-0.2, -0.15) is 0 Å². The molecule has 0 aromatic heterocycles. The van der Waals surface area contributed by atoms with Crippen LogP contribution in [0, 0.1) is 5.92 Å². The van der Waals surface area contributed by atoms with E-state index < -0.39 is 51.4 Å². The third-order valence-corrected chi connectivity index (χ3v) is 38.4. The summed E-state index contributed by atoms with van der Waals surface area (Å²) in [4.78, 5) is 67.0. The van der Waals surface area contributed by atoms with Crippen LogP contribution in [0.25, 0.3) is 21.5 Å². The number of hydrogen-bond acceptors (Lipinski definition) is 12. The Hall–Kier alpha value is -3.55. The van der Waals surface area contributed by atoms with Gasteiger partial charge in [-0.15, -0.1) is 0 Å². The van der Waals surface area contributed by atoms with E-state index in [0.29, 0.717) is 142 Å². The number of unbranched alkanes of at least 4 members (excludes halogenated alkanes) is 4. The minimum Gasteiger partial charge on any atom is -0.415 e. The minimum atomic E-state index is -1.96. The lowest BCUT2D eigenvalue weighted by Gasteiger charge is -2.47. The van der Waals surface area contributed by atoms with E-state index in [4.69, 9.17) is 32.2 Å². The molecule has 4 rings (SSSR count). The van der Waals surface area contributed by atoms with Crippen molar-refractivity contribution >= 4 is 84.1 Å². The van der Waals surface area contributed by atoms with Gasteiger partial charge in [0.2, 0.25) is 23.6 Å². The second-order valence-electron chi connectivity index (χ2n) is 31.5. The average Bonchev–Trinajstić information content (AvgIpc) is 0.998. The van der Waals surface area contributed by atoms with Gasteiger partial charge in [0.05, 0.1) is 32.1 Å². The summed E-state index contributed by atoms with van der Waals surface area (Å²) in [6, 6.07) is 18.9. The monoisotopic (exact) mass is 1320 g/mol. The number of ether oxygens (including phenoxy) is 1. The van der Waals surface area contributed by atoms with E-state index in [9.17, 15) is 19.2 Å². The molecule has 0 saturated carbocycles. The summed E-state index contributed by atoms with van der Waals surface area (Å²) >= 11 is 0. The van der Waals surface area contributed by atoms with Gasteiger partial charge in [-0.3, -0.25) is 19.2 Å². The van der Waals surface area contributed by atoms with Crippen LogP contribution in [0.4, 0.5) is 5.69 Å². The zero-order valence-corrected chi connectivity index (χ0v) is 63.9. The van der Waals surface area contributed by atoms with Crippen molar-refractivity contribution in [2.24, 2.45) is 5.92 Å². The lowest BCUT2D eigenvalue weighted by molar-refractivity contribution is -0.496. The number of fused-ring (bicyclic) bond motifs is 2. The van der Waals surface area contributed by atoms with E-state index in [2.05, 4.69) is 217 Å². The number of anilines is 1. The van der Waals surface area contributed by atoms with Gasteiger partial charge in [-0.25, -0.2) is 9.78 Å². The van der Waals surface area contributed by atoms with Crippen molar-refractivity contribution in [1.29, 1.82) is 0 Å². The summed E-state index contributed by atoms with van der Waals surface area (Å²) in [6.07, 6.45) is 7.52. The zero-order valence-electron chi connectivity index (χ0n) is 59.9. The van der Waals surface area contributed by atoms with Crippen LogP contribution in [0.5, 0.6) is 0 Å². The van der Waals surface area contributed by atoms with Crippen LogP contribution in [-0.4, -0.2) is 128 Å². The Morgan fingerprint density at radius 3 is 1.10 bits per heavy atom. The van der Waals surface area contributed by atoms with E-state index >= 15 is 0 Å². The smallest absolute Gasteiger partial charge is 0.220 e. The molecule has 512 valence electrons. The largest absolute Gasteiger partial charge is 0.415 e. The summed E-state index contributed by atoms with van der Waals surface area (Å²) in [6.45, 7) is 48.1. The molecule has 1 aliphatic rings. The van der Waals surface area contributed by atoms with Crippen molar-refractivity contribution in [3.05, 3.63) is 54.6 Å². The number of benzene rings is 3. The first-order valence-electron chi connectivity index (χ1n) is 34.1. The van der Waals surface area contributed by atoms with Crippen molar-refractivity contribution in [2.45, 2.75) is 276 Å². The Balaban J connectivity index is 1.63. The molecule has 0 spiro atoms. The highest BCUT2D eigenvalue weighted by Gasteiger charge is 2.49. The molecule has 0 aliphatic carbocycles. The first-order chi connectivity index (χ1) is 41.8. The quantitative estimate of drug-likeness (QED) is 0.0157. The third kappa shape index (κ3) is 25.3. The lowest BCUT2D eigenvalue weighted by atomic mass is 9.86. The van der Waals surface area contributed by atoms with E-state index in [0.717, 1.165) is 40.1 Å². The topological polar surface area (TPSA) is 193 Å². The molecule has 4 amide bonds. The molecule has 1 aliphatic heterocycles. The van der Waals surface area contributed by atoms with Crippen LogP contribution in [0.1, 0.15) is 186 Å². The molecule has 3 aromatic carbocycles. The molecule has 2 atom stereocenters. The Bertz CT molecular complexity index is 2540. The van der Waals surface area contributed by atoms with Gasteiger partial charge in [0, 0.05) is 68.6 Å². The Morgan fingerprint density at radius 2 is 0.778 bits per heavy atom. The van der Waals surface area contributed by atoms with Gasteiger partial charge in [0.1, 0.15) is 5.60 Å². The molecule has 20 heteroatoms. The minimum absolute atomic E-state index is 0.00255. The standard InChI is InChI=1S/C70H125N5O11Si4/c1-66(2,3)87(13,14)80-49-45-71-59(76)39-27-23-33-54(34-24-28-40-60(77)72-46-50-81-88(15,16)67(4,5)6)64-84-65(75-63-57-37-25-21-35-55(57)53-56-36-22-26-38-58(56)63)70(86-85-64,43-31-29-41-61(78)73-47-51-82-89(17,18)68(7,8)9)44-32-30-42-62(79)74-48-52-83-90(19,20)69(10,11)12/h21-22,25-26,35-38,53-54,64-65,75H,23-24,27-34,39-52H2,1-20H3,(H,71,76)(H,72,77)(H,73,78)(H,74,79). The molecular formula is C70H125N5O11Si4. The van der Waals surface area contributed by atoms with Crippen LogP contribution < -0.4 is 26.6 Å². The fraction of sp³-hybridized carbons (Fsp3) is 0.743. The van der Waals surface area contributed by atoms with Gasteiger partial charge in [0.25, 0.3) is 0 Å². The van der Waals surface area contributed by atoms with Crippen molar-refractivity contribution in [3.8, 4) is 0 Å². The molecule has 1 heterocycles. The number of nitrogens with one attached hydrogen (secondary N) is 5. The predicted octanol–water partition coefficient (Wildman–Crippen LogP) is 16.2. The highest BCUT2D eigenvalue weighted by Crippen LogP contribution is 2.44. The van der Waals surface area contributed by atoms with Crippen LogP contribution in [0.15, 0.2) is 54.6 Å². The maximum Gasteiger partial charge on any atom is 0.220 e. The summed E-state index contributed by atoms with van der Waals surface area (Å²) in [5.74, 6) is -0.217. The number of hydrogen-bond donors (Lipinski definition) is 5. The molecule has 2 unspecified atom stereocenters. The van der Waals surface area contributed by atoms with Crippen LogP contribution in [0.2, 0.25) is 72.5 Å².